The first kappa shape index (κ1) is 44.3. The minimum absolute atomic E-state index is 0.0231. The Morgan fingerprint density at radius 2 is 1.20 bits per heavy atom. The van der Waals surface area contributed by atoms with Gasteiger partial charge in [0.25, 0.3) is 12.9 Å². The number of hydrogen-bond donors (Lipinski definition) is 0. The summed E-state index contributed by atoms with van der Waals surface area (Å²) in [5.41, 5.74) is -8.42. The van der Waals surface area contributed by atoms with E-state index in [9.17, 15) is 58.3 Å². The minimum Gasteiger partial charge on any atom is -0.465 e. The van der Waals surface area contributed by atoms with Gasteiger partial charge in [0, 0.05) is 17.9 Å². The van der Waals surface area contributed by atoms with Gasteiger partial charge in [0.2, 0.25) is 10.2 Å². The number of ether oxygens (including phenoxy) is 1. The van der Waals surface area contributed by atoms with Gasteiger partial charge in [-0.25, -0.2) is 32.3 Å². The molecule has 0 spiro atoms. The van der Waals surface area contributed by atoms with Gasteiger partial charge in [-0.1, -0.05) is 51.2 Å². The number of esters is 1. The van der Waals surface area contributed by atoms with Crippen molar-refractivity contribution in [1.29, 1.82) is 0 Å². The van der Waals surface area contributed by atoms with E-state index < -0.39 is 86.4 Å². The van der Waals surface area contributed by atoms with Crippen LogP contribution < -0.4 is 0 Å². The Labute approximate surface area is 299 Å². The van der Waals surface area contributed by atoms with Crippen LogP contribution in [0.3, 0.4) is 0 Å². The SMILES string of the molecule is COC(=O)c1c(C(F)F)nc(C(F)(F)F)c(C2=NCCS2)c1CC(C)C.CSC(=O)c1c(C(F)F)nc(C(F)(F)F)c(C(=O)SC)c1CC(C)C. The zero-order valence-corrected chi connectivity index (χ0v) is 30.6. The highest BCUT2D eigenvalue weighted by atomic mass is 32.2. The minimum atomic E-state index is -5.10. The molecule has 3 heterocycles. The molecule has 0 saturated carbocycles. The average molecular weight is 798 g/mol. The summed E-state index contributed by atoms with van der Waals surface area (Å²) in [6.45, 7) is 7.03. The molecule has 2 aromatic heterocycles. The lowest BCUT2D eigenvalue weighted by Crippen LogP contribution is -2.24. The number of methoxy groups -OCH3 is 1. The Hall–Kier alpha value is -2.87. The van der Waals surface area contributed by atoms with Crippen LogP contribution in [0.1, 0.15) is 111 Å². The van der Waals surface area contributed by atoms with Crippen LogP contribution in [0, 0.1) is 11.8 Å². The Morgan fingerprint density at radius 1 is 0.745 bits per heavy atom. The normalized spacial score (nSPS) is 13.5. The Balaban J connectivity index is 0.000000354. The van der Waals surface area contributed by atoms with E-state index in [4.69, 9.17) is 0 Å². The van der Waals surface area contributed by atoms with Gasteiger partial charge in [-0.2, -0.15) is 26.3 Å². The van der Waals surface area contributed by atoms with Crippen molar-refractivity contribution in [2.75, 3.05) is 31.9 Å². The molecule has 0 atom stereocenters. The fourth-order valence-electron chi connectivity index (χ4n) is 4.96. The zero-order chi connectivity index (χ0) is 39.2. The molecule has 0 fully saturated rings. The van der Waals surface area contributed by atoms with Gasteiger partial charge < -0.3 is 4.74 Å². The molecule has 1 aliphatic rings. The quantitative estimate of drug-likeness (QED) is 0.172. The van der Waals surface area contributed by atoms with Gasteiger partial charge in [-0.05, 0) is 48.3 Å². The molecule has 0 radical (unpaired) electrons. The molecule has 0 bridgehead atoms. The number of carbonyl (C=O) groups excluding carboxylic acids is 3. The molecule has 2 aromatic rings. The number of aliphatic imine (C=N–C) groups is 1. The highest BCUT2D eigenvalue weighted by molar-refractivity contribution is 8.14. The molecule has 7 nitrogen and oxygen atoms in total. The molecule has 0 N–H and O–H groups in total. The predicted octanol–water partition coefficient (Wildman–Crippen LogP) is 9.76. The Morgan fingerprint density at radius 3 is 1.59 bits per heavy atom. The van der Waals surface area contributed by atoms with Crippen molar-refractivity contribution in [3.8, 4) is 0 Å². The standard InChI is InChI=1S/C16H17F5N2O2S.C15H16F5NO2S2/c1-7(2)6-8-9(15(24)25-3)11(13(17)18)23-12(16(19,20)21)10(8)14-22-4-5-26-14;1-6(2)5-7-8(13(22)24-3)10(12(16)17)21-11(15(18,19)20)9(7)14(23)25-4/h7,13H,4-6H2,1-3H3;6,12H,5H2,1-4H3. The largest absolute Gasteiger partial charge is 0.465 e. The van der Waals surface area contributed by atoms with Crippen molar-refractivity contribution in [3.63, 3.8) is 0 Å². The van der Waals surface area contributed by atoms with Gasteiger partial charge in [-0.15, -0.1) is 11.8 Å². The predicted molar refractivity (Wildman–Crippen MR) is 176 cm³/mol. The molecule has 0 aromatic carbocycles. The molecule has 0 saturated heterocycles. The molecule has 0 unspecified atom stereocenters. The van der Waals surface area contributed by atoms with E-state index in [1.807, 2.05) is 0 Å². The van der Waals surface area contributed by atoms with Crippen LogP contribution in [-0.4, -0.2) is 63.1 Å². The fourth-order valence-corrected chi connectivity index (χ4v) is 6.74. The maximum absolute atomic E-state index is 13.6. The van der Waals surface area contributed by atoms with Gasteiger partial charge in [0.05, 0.1) is 23.8 Å². The Bertz CT molecular complexity index is 1650. The number of rotatable bonds is 10. The summed E-state index contributed by atoms with van der Waals surface area (Å²) >= 11 is 2.17. The maximum atomic E-state index is 13.6. The second kappa shape index (κ2) is 18.3. The average Bonchev–Trinajstić information content (AvgIpc) is 3.56. The van der Waals surface area contributed by atoms with Crippen molar-refractivity contribution in [3.05, 3.63) is 56.2 Å². The monoisotopic (exact) mass is 797 g/mol. The summed E-state index contributed by atoms with van der Waals surface area (Å²) in [4.78, 5) is 46.7. The summed E-state index contributed by atoms with van der Waals surface area (Å²) < 4.78 is 139. The number of aromatic nitrogens is 2. The number of carbonyl (C=O) groups is 3. The summed E-state index contributed by atoms with van der Waals surface area (Å²) in [7, 11) is 0.982. The van der Waals surface area contributed by atoms with Crippen LogP contribution in [0.2, 0.25) is 0 Å². The van der Waals surface area contributed by atoms with Crippen molar-refractivity contribution in [2.45, 2.75) is 65.7 Å². The van der Waals surface area contributed by atoms with E-state index in [2.05, 4.69) is 19.7 Å². The van der Waals surface area contributed by atoms with Gasteiger partial charge in [0.15, 0.2) is 11.4 Å². The molecule has 1 aliphatic heterocycles. The molecule has 0 amide bonds. The van der Waals surface area contributed by atoms with Crippen LogP contribution >= 0.6 is 35.3 Å². The lowest BCUT2D eigenvalue weighted by molar-refractivity contribution is -0.142. The number of pyridine rings is 2. The molecule has 284 valence electrons. The van der Waals surface area contributed by atoms with E-state index in [1.165, 1.54) is 12.5 Å². The molecule has 20 heteroatoms. The first-order valence-corrected chi connectivity index (χ1v) is 18.2. The number of halogens is 10. The lowest BCUT2D eigenvalue weighted by atomic mass is 9.91. The topological polar surface area (TPSA) is 98.6 Å². The number of alkyl halides is 10. The van der Waals surface area contributed by atoms with Gasteiger partial charge in [0.1, 0.15) is 16.4 Å². The molecule has 51 heavy (non-hydrogen) atoms. The van der Waals surface area contributed by atoms with Crippen molar-refractivity contribution >= 4 is 56.5 Å². The molecular weight excluding hydrogens is 765 g/mol. The number of thioether (sulfide) groups is 3. The number of nitrogens with zero attached hydrogens (tertiary/aromatic N) is 3. The summed E-state index contributed by atoms with van der Waals surface area (Å²) in [6, 6.07) is 0. The highest BCUT2D eigenvalue weighted by Crippen LogP contribution is 2.41. The van der Waals surface area contributed by atoms with Crippen LogP contribution in [0.5, 0.6) is 0 Å². The second-order valence-electron chi connectivity index (χ2n) is 11.5. The summed E-state index contributed by atoms with van der Waals surface area (Å²) in [5, 5.41) is -1.75. The van der Waals surface area contributed by atoms with Crippen LogP contribution in [0.25, 0.3) is 0 Å². The first-order valence-electron chi connectivity index (χ1n) is 14.8. The Kier molecular flexibility index (Phi) is 15.8. The van der Waals surface area contributed by atoms with E-state index in [0.29, 0.717) is 35.8 Å². The highest BCUT2D eigenvalue weighted by Gasteiger charge is 2.44. The maximum Gasteiger partial charge on any atom is 0.434 e. The zero-order valence-electron chi connectivity index (χ0n) is 28.1. The van der Waals surface area contributed by atoms with Gasteiger partial charge in [-0.3, -0.25) is 14.6 Å². The van der Waals surface area contributed by atoms with E-state index in [0.717, 1.165) is 18.9 Å². The van der Waals surface area contributed by atoms with Crippen molar-refractivity contribution < 1.29 is 63.0 Å². The second-order valence-corrected chi connectivity index (χ2v) is 14.1. The lowest BCUT2D eigenvalue weighted by Gasteiger charge is -2.22. The third kappa shape index (κ3) is 10.8. The molecule has 3 rings (SSSR count). The molecule has 0 aliphatic carbocycles. The third-order valence-electron chi connectivity index (χ3n) is 6.80. The van der Waals surface area contributed by atoms with Crippen LogP contribution in [0.15, 0.2) is 4.99 Å². The van der Waals surface area contributed by atoms with E-state index >= 15 is 0 Å². The molecular formula is C31H33F10N3O4S3. The van der Waals surface area contributed by atoms with Crippen molar-refractivity contribution in [1.82, 2.24) is 9.97 Å². The van der Waals surface area contributed by atoms with Crippen LogP contribution in [-0.2, 0) is 29.9 Å². The first-order chi connectivity index (χ1) is 23.5. The summed E-state index contributed by atoms with van der Waals surface area (Å²) in [6.07, 6.45) is -14.4. The summed E-state index contributed by atoms with van der Waals surface area (Å²) in [5.74, 6) is -1.13. The van der Waals surface area contributed by atoms with Crippen molar-refractivity contribution in [2.24, 2.45) is 16.8 Å². The van der Waals surface area contributed by atoms with Crippen LogP contribution in [0.4, 0.5) is 43.9 Å². The smallest absolute Gasteiger partial charge is 0.434 e. The number of hydrogen-bond acceptors (Lipinski definition) is 10. The third-order valence-corrected chi connectivity index (χ3v) is 8.94. The van der Waals surface area contributed by atoms with Gasteiger partial charge >= 0.3 is 18.3 Å². The fraction of sp³-hybridized carbons (Fsp3) is 0.548. The van der Waals surface area contributed by atoms with E-state index in [1.54, 1.807) is 27.7 Å². The van der Waals surface area contributed by atoms with E-state index in [-0.39, 0.29) is 40.8 Å².